The normalized spacial score (nSPS) is 15.1. The first-order valence-corrected chi connectivity index (χ1v) is 10.5. The molecule has 0 spiro atoms. The van der Waals surface area contributed by atoms with E-state index in [1.807, 2.05) is 25.1 Å². The number of benzene rings is 2. The monoisotopic (exact) mass is 444 g/mol. The van der Waals surface area contributed by atoms with Crippen LogP contribution >= 0.6 is 0 Å². The van der Waals surface area contributed by atoms with Crippen molar-refractivity contribution in [2.45, 2.75) is 27.7 Å². The van der Waals surface area contributed by atoms with Gasteiger partial charge in [0.25, 0.3) is 17.5 Å². The van der Waals surface area contributed by atoms with Crippen LogP contribution in [-0.4, -0.2) is 41.7 Å². The molecule has 1 N–H and O–H groups in total. The summed E-state index contributed by atoms with van der Waals surface area (Å²) in [5, 5.41) is 9.11. The Labute approximate surface area is 192 Å². The van der Waals surface area contributed by atoms with Gasteiger partial charge in [-0.25, -0.2) is 14.6 Å². The molecule has 0 saturated carbocycles. The molecule has 1 aliphatic heterocycles. The van der Waals surface area contributed by atoms with Crippen LogP contribution in [0.4, 0.5) is 17.1 Å². The number of nitrogens with zero attached hydrogens (tertiary/aromatic N) is 4. The topological polar surface area (TPSA) is 94.6 Å². The number of hydrogen-bond donors (Lipinski definition) is 1. The van der Waals surface area contributed by atoms with Gasteiger partial charge in [-0.1, -0.05) is 0 Å². The van der Waals surface area contributed by atoms with Gasteiger partial charge in [0.2, 0.25) is 0 Å². The average Bonchev–Trinajstić information content (AvgIpc) is 2.79. The predicted molar refractivity (Wildman–Crippen MR) is 127 cm³/mol. The number of imide groups is 1. The van der Waals surface area contributed by atoms with Crippen molar-refractivity contribution >= 4 is 40.6 Å². The molecule has 0 fully saturated rings. The molecule has 33 heavy (non-hydrogen) atoms. The van der Waals surface area contributed by atoms with Crippen LogP contribution < -0.4 is 9.80 Å². The van der Waals surface area contributed by atoms with Crippen LogP contribution in [0.2, 0.25) is 0 Å². The van der Waals surface area contributed by atoms with E-state index in [0.29, 0.717) is 5.69 Å². The third-order valence-electron chi connectivity index (χ3n) is 5.55. The number of anilines is 2. The molecule has 2 amide bonds. The highest BCUT2D eigenvalue weighted by Gasteiger charge is 2.38. The van der Waals surface area contributed by atoms with Crippen LogP contribution in [0, 0.1) is 13.5 Å². The fourth-order valence-corrected chi connectivity index (χ4v) is 3.66. The van der Waals surface area contributed by atoms with Gasteiger partial charge in [-0.15, -0.1) is 0 Å². The van der Waals surface area contributed by atoms with Gasteiger partial charge in [-0.05, 0) is 81.3 Å². The molecule has 0 saturated heterocycles. The van der Waals surface area contributed by atoms with E-state index in [2.05, 4.69) is 28.6 Å². The molecule has 0 aromatic heterocycles. The fraction of sp³-hybridized carbons (Fsp3) is 0.240. The number of carbonyl (C=O) groups excluding carboxylic acids is 2. The minimum absolute atomic E-state index is 0.00148. The summed E-state index contributed by atoms with van der Waals surface area (Å²) in [6.45, 7) is 16.7. The zero-order chi connectivity index (χ0) is 24.3. The third-order valence-corrected chi connectivity index (χ3v) is 5.55. The summed E-state index contributed by atoms with van der Waals surface area (Å²) in [4.78, 5) is 48.3. The Bertz CT molecular complexity index is 1230. The molecule has 0 bridgehead atoms. The lowest BCUT2D eigenvalue weighted by Gasteiger charge is -2.27. The van der Waals surface area contributed by atoms with Crippen molar-refractivity contribution in [3.8, 4) is 0 Å². The number of aromatic carboxylic acids is 1. The first-order chi connectivity index (χ1) is 15.7. The van der Waals surface area contributed by atoms with E-state index in [4.69, 9.17) is 11.7 Å². The van der Waals surface area contributed by atoms with Crippen molar-refractivity contribution in [1.82, 2.24) is 0 Å². The highest BCUT2D eigenvalue weighted by atomic mass is 16.4. The van der Waals surface area contributed by atoms with Crippen molar-refractivity contribution in [2.24, 2.45) is 4.99 Å². The Hall–Kier alpha value is -4.25. The van der Waals surface area contributed by atoms with Crippen LogP contribution in [0.1, 0.15) is 36.7 Å². The molecule has 0 atom stereocenters. The quantitative estimate of drug-likeness (QED) is 0.527. The summed E-state index contributed by atoms with van der Waals surface area (Å²) >= 11 is 0. The summed E-state index contributed by atoms with van der Waals surface area (Å²) in [5.41, 5.74) is 2.66. The third kappa shape index (κ3) is 4.39. The largest absolute Gasteiger partial charge is 0.478 e. The number of aliphatic imine (C=N–C) groups is 1. The van der Waals surface area contributed by atoms with Crippen LogP contribution in [0.5, 0.6) is 0 Å². The zero-order valence-electron chi connectivity index (χ0n) is 18.9. The Balaban J connectivity index is 2.09. The van der Waals surface area contributed by atoms with Gasteiger partial charge in [0, 0.05) is 18.8 Å². The summed E-state index contributed by atoms with van der Waals surface area (Å²) in [5.74, 6) is -2.55. The van der Waals surface area contributed by atoms with Crippen LogP contribution in [0.25, 0.3) is 4.85 Å². The molecule has 3 rings (SSSR count). The smallest absolute Gasteiger partial charge is 0.335 e. The lowest BCUT2D eigenvalue weighted by Crippen LogP contribution is -2.46. The SMILES string of the molecule is [C-]#[N+]C1=C(C)C(=Nc2ccc(N(CC)CC)cc2C)C(=O)N(c2ccc(C(=O)O)cc2)C1=O. The second-order valence-corrected chi connectivity index (χ2v) is 7.49. The van der Waals surface area contributed by atoms with Crippen LogP contribution in [-0.2, 0) is 9.59 Å². The maximum Gasteiger partial charge on any atom is 0.335 e. The van der Waals surface area contributed by atoms with Crippen LogP contribution in [0.3, 0.4) is 0 Å². The predicted octanol–water partition coefficient (Wildman–Crippen LogP) is 4.38. The van der Waals surface area contributed by atoms with E-state index in [0.717, 1.165) is 29.2 Å². The molecule has 8 nitrogen and oxygen atoms in total. The Kier molecular flexibility index (Phi) is 6.73. The van der Waals surface area contributed by atoms with Gasteiger partial charge in [-0.2, -0.15) is 0 Å². The number of rotatable bonds is 6. The van der Waals surface area contributed by atoms with E-state index in [-0.39, 0.29) is 28.2 Å². The van der Waals surface area contributed by atoms with Crippen molar-refractivity contribution in [2.75, 3.05) is 22.9 Å². The number of amides is 2. The van der Waals surface area contributed by atoms with Gasteiger partial charge >= 0.3 is 5.97 Å². The van der Waals surface area contributed by atoms with Gasteiger partial charge in [0.15, 0.2) is 0 Å². The number of carboxylic acid groups (broad SMARTS) is 1. The van der Waals surface area contributed by atoms with Crippen LogP contribution in [0.15, 0.2) is 58.7 Å². The number of carbonyl (C=O) groups is 3. The number of hydrogen-bond acceptors (Lipinski definition) is 5. The highest BCUT2D eigenvalue weighted by Crippen LogP contribution is 2.30. The van der Waals surface area contributed by atoms with Gasteiger partial charge in [-0.3, -0.25) is 14.5 Å². The second kappa shape index (κ2) is 9.49. The summed E-state index contributed by atoms with van der Waals surface area (Å²) < 4.78 is 0. The molecule has 0 unspecified atom stereocenters. The van der Waals surface area contributed by atoms with E-state index >= 15 is 0 Å². The second-order valence-electron chi connectivity index (χ2n) is 7.49. The molecular weight excluding hydrogens is 420 g/mol. The first-order valence-electron chi connectivity index (χ1n) is 10.5. The Morgan fingerprint density at radius 2 is 1.70 bits per heavy atom. The van der Waals surface area contributed by atoms with Crippen molar-refractivity contribution in [3.63, 3.8) is 0 Å². The van der Waals surface area contributed by atoms with E-state index in [1.165, 1.54) is 31.2 Å². The number of carboxylic acids is 1. The van der Waals surface area contributed by atoms with Gasteiger partial charge < -0.3 is 10.0 Å². The fourth-order valence-electron chi connectivity index (χ4n) is 3.66. The van der Waals surface area contributed by atoms with Crippen molar-refractivity contribution < 1.29 is 19.5 Å². The minimum Gasteiger partial charge on any atom is -0.478 e. The Morgan fingerprint density at radius 3 is 2.21 bits per heavy atom. The molecule has 168 valence electrons. The molecule has 2 aromatic rings. The maximum absolute atomic E-state index is 13.3. The van der Waals surface area contributed by atoms with E-state index in [1.54, 1.807) is 0 Å². The first kappa shape index (κ1) is 23.4. The van der Waals surface area contributed by atoms with E-state index < -0.39 is 17.8 Å². The van der Waals surface area contributed by atoms with E-state index in [9.17, 15) is 14.4 Å². The molecule has 0 radical (unpaired) electrons. The number of aryl methyl sites for hydroxylation is 1. The minimum atomic E-state index is -1.12. The lowest BCUT2D eigenvalue weighted by atomic mass is 10.0. The zero-order valence-corrected chi connectivity index (χ0v) is 18.9. The Morgan fingerprint density at radius 1 is 1.06 bits per heavy atom. The van der Waals surface area contributed by atoms with Gasteiger partial charge in [0.1, 0.15) is 5.71 Å². The summed E-state index contributed by atoms with van der Waals surface area (Å²) in [6, 6.07) is 11.1. The molecular formula is C25H24N4O4. The van der Waals surface area contributed by atoms with Gasteiger partial charge in [0.05, 0.1) is 23.5 Å². The molecule has 2 aromatic carbocycles. The molecule has 0 aliphatic carbocycles. The van der Waals surface area contributed by atoms with Crippen molar-refractivity contribution in [1.29, 1.82) is 0 Å². The summed E-state index contributed by atoms with van der Waals surface area (Å²) in [6.07, 6.45) is 0. The van der Waals surface area contributed by atoms with Crippen molar-refractivity contribution in [3.05, 3.63) is 76.3 Å². The maximum atomic E-state index is 13.3. The molecule has 1 heterocycles. The standard InChI is InChI=1S/C25H24N4O4/c1-6-28(7-2)19-12-13-20(15(3)14-19)27-22-16(4)21(26-5)23(30)29(24(22)31)18-10-8-17(9-11-18)25(32)33/h8-14H,6-7H2,1-4H3,(H,32,33). The highest BCUT2D eigenvalue weighted by molar-refractivity contribution is 6.57. The molecule has 8 heteroatoms. The average molecular weight is 444 g/mol. The summed E-state index contributed by atoms with van der Waals surface area (Å²) in [7, 11) is 0. The molecule has 1 aliphatic rings. The lowest BCUT2D eigenvalue weighted by molar-refractivity contribution is -0.121.